The Morgan fingerprint density at radius 1 is 1.30 bits per heavy atom. The van der Waals surface area contributed by atoms with E-state index in [-0.39, 0.29) is 0 Å². The molecular weight excluding hydrogens is 318 g/mol. The molecule has 2 N–H and O–H groups in total. The lowest BCUT2D eigenvalue weighted by Crippen LogP contribution is -2.07. The number of benzene rings is 1. The van der Waals surface area contributed by atoms with Crippen LogP contribution in [0.5, 0.6) is 0 Å². The second kappa shape index (κ2) is 5.32. The summed E-state index contributed by atoms with van der Waals surface area (Å²) in [5, 5.41) is 11.6. The number of nitrogens with one attached hydrogen (secondary N) is 2. The molecule has 0 unspecified atom stereocenters. The second-order valence-corrected chi connectivity index (χ2v) is 6.15. The molecule has 0 aliphatic rings. The Bertz CT molecular complexity index is 730. The Morgan fingerprint density at radius 3 is 2.95 bits per heavy atom. The molecule has 0 saturated heterocycles. The minimum absolute atomic E-state index is 0.582. The number of aromatic nitrogens is 2. The van der Waals surface area contributed by atoms with Gasteiger partial charge in [0.05, 0.1) is 0 Å². The zero-order valence-corrected chi connectivity index (χ0v) is 13.0. The summed E-state index contributed by atoms with van der Waals surface area (Å²) in [7, 11) is 0. The van der Waals surface area contributed by atoms with Crippen LogP contribution in [0.4, 0.5) is 5.82 Å². The van der Waals surface area contributed by atoms with Crippen LogP contribution in [0.1, 0.15) is 13.8 Å². The Kier molecular flexibility index (Phi) is 3.53. The molecule has 0 bridgehead atoms. The topological polar surface area (TPSA) is 53.9 Å². The summed E-state index contributed by atoms with van der Waals surface area (Å²) in [5.74, 6) is 2.22. The number of rotatable bonds is 4. The third kappa shape index (κ3) is 2.72. The third-order valence-corrected chi connectivity index (χ3v) is 3.51. The summed E-state index contributed by atoms with van der Waals surface area (Å²) >= 11 is 3.46. The van der Waals surface area contributed by atoms with Gasteiger partial charge in [-0.2, -0.15) is 5.10 Å². The minimum Gasteiger partial charge on any atom is -0.454 e. The summed E-state index contributed by atoms with van der Waals surface area (Å²) in [4.78, 5) is 0. The number of aromatic amines is 1. The van der Waals surface area contributed by atoms with Crippen molar-refractivity contribution < 1.29 is 4.42 Å². The predicted molar refractivity (Wildman–Crippen MR) is 84.8 cm³/mol. The van der Waals surface area contributed by atoms with Crippen molar-refractivity contribution in [3.8, 4) is 11.5 Å². The van der Waals surface area contributed by atoms with Crippen molar-refractivity contribution in [3.63, 3.8) is 0 Å². The van der Waals surface area contributed by atoms with Gasteiger partial charge in [-0.05, 0) is 30.2 Å². The van der Waals surface area contributed by atoms with Crippen LogP contribution < -0.4 is 5.32 Å². The number of nitrogens with zero attached hydrogens (tertiary/aromatic N) is 1. The van der Waals surface area contributed by atoms with E-state index >= 15 is 0 Å². The summed E-state index contributed by atoms with van der Waals surface area (Å²) < 4.78 is 6.87. The van der Waals surface area contributed by atoms with Crippen LogP contribution in [0.2, 0.25) is 0 Å². The van der Waals surface area contributed by atoms with E-state index < -0.39 is 0 Å². The quantitative estimate of drug-likeness (QED) is 0.730. The molecule has 0 amide bonds. The van der Waals surface area contributed by atoms with Crippen LogP contribution in [0.25, 0.3) is 22.4 Å². The Morgan fingerprint density at radius 2 is 2.15 bits per heavy atom. The van der Waals surface area contributed by atoms with Gasteiger partial charge in [0, 0.05) is 22.5 Å². The molecule has 0 atom stereocenters. The summed E-state index contributed by atoms with van der Waals surface area (Å²) in [6.45, 7) is 5.23. The third-order valence-electron chi connectivity index (χ3n) is 3.01. The molecule has 104 valence electrons. The number of fused-ring (bicyclic) bond motifs is 1. The lowest BCUT2D eigenvalue weighted by atomic mass is 10.2. The first-order valence-corrected chi connectivity index (χ1v) is 7.40. The maximum atomic E-state index is 5.83. The lowest BCUT2D eigenvalue weighted by Gasteiger charge is -2.04. The van der Waals surface area contributed by atoms with Crippen molar-refractivity contribution in [2.75, 3.05) is 11.9 Å². The van der Waals surface area contributed by atoms with Crippen molar-refractivity contribution in [2.24, 2.45) is 5.92 Å². The SMILES string of the molecule is CC(C)CNc1cc(-c2cc3cc(Br)ccc3o2)[nH]n1. The molecule has 0 aliphatic carbocycles. The highest BCUT2D eigenvalue weighted by molar-refractivity contribution is 9.10. The maximum absolute atomic E-state index is 5.83. The highest BCUT2D eigenvalue weighted by atomic mass is 79.9. The molecule has 0 spiro atoms. The molecule has 2 aromatic heterocycles. The fraction of sp³-hybridized carbons (Fsp3) is 0.267. The van der Waals surface area contributed by atoms with Gasteiger partial charge in [0.1, 0.15) is 17.1 Å². The van der Waals surface area contributed by atoms with E-state index in [9.17, 15) is 0 Å². The normalized spacial score (nSPS) is 11.4. The smallest absolute Gasteiger partial charge is 0.153 e. The Labute approximate surface area is 125 Å². The van der Waals surface area contributed by atoms with Gasteiger partial charge in [0.2, 0.25) is 0 Å². The fourth-order valence-corrected chi connectivity index (χ4v) is 2.37. The standard InChI is InChI=1S/C15H16BrN3O/c1-9(2)8-17-15-7-12(18-19-15)14-6-10-5-11(16)3-4-13(10)20-14/h3-7,9H,8H2,1-2H3,(H2,17,18,19). The fourth-order valence-electron chi connectivity index (χ4n) is 1.99. The van der Waals surface area contributed by atoms with E-state index in [4.69, 9.17) is 4.42 Å². The van der Waals surface area contributed by atoms with E-state index in [1.165, 1.54) is 0 Å². The predicted octanol–water partition coefficient (Wildman–Crippen LogP) is 4.65. The minimum atomic E-state index is 0.582. The van der Waals surface area contributed by atoms with Gasteiger partial charge in [0.15, 0.2) is 5.76 Å². The van der Waals surface area contributed by atoms with Gasteiger partial charge >= 0.3 is 0 Å². The van der Waals surface area contributed by atoms with E-state index in [1.54, 1.807) is 0 Å². The van der Waals surface area contributed by atoms with Crippen molar-refractivity contribution in [3.05, 3.63) is 34.8 Å². The van der Waals surface area contributed by atoms with Crippen molar-refractivity contribution in [1.29, 1.82) is 0 Å². The zero-order valence-electron chi connectivity index (χ0n) is 11.4. The lowest BCUT2D eigenvalue weighted by molar-refractivity contribution is 0.628. The van der Waals surface area contributed by atoms with Crippen LogP contribution in [0.15, 0.2) is 39.2 Å². The first-order valence-electron chi connectivity index (χ1n) is 6.60. The van der Waals surface area contributed by atoms with E-state index in [1.807, 2.05) is 30.3 Å². The van der Waals surface area contributed by atoms with Gasteiger partial charge in [0.25, 0.3) is 0 Å². The molecule has 3 rings (SSSR count). The highest BCUT2D eigenvalue weighted by Crippen LogP contribution is 2.29. The molecule has 0 fully saturated rings. The summed E-state index contributed by atoms with van der Waals surface area (Å²) in [6.07, 6.45) is 0. The van der Waals surface area contributed by atoms with E-state index in [2.05, 4.69) is 45.3 Å². The maximum Gasteiger partial charge on any atom is 0.153 e. The molecule has 1 aromatic carbocycles. The van der Waals surface area contributed by atoms with Crippen LogP contribution in [-0.2, 0) is 0 Å². The molecule has 2 heterocycles. The monoisotopic (exact) mass is 333 g/mol. The molecular formula is C15H16BrN3O. The molecule has 5 heteroatoms. The number of hydrogen-bond acceptors (Lipinski definition) is 3. The van der Waals surface area contributed by atoms with Gasteiger partial charge in [-0.15, -0.1) is 0 Å². The van der Waals surface area contributed by atoms with Crippen LogP contribution in [-0.4, -0.2) is 16.7 Å². The zero-order chi connectivity index (χ0) is 14.1. The number of hydrogen-bond donors (Lipinski definition) is 2. The number of halogens is 1. The molecule has 4 nitrogen and oxygen atoms in total. The molecule has 0 saturated carbocycles. The van der Waals surface area contributed by atoms with E-state index in [0.29, 0.717) is 5.92 Å². The van der Waals surface area contributed by atoms with Crippen LogP contribution in [0.3, 0.4) is 0 Å². The van der Waals surface area contributed by atoms with Crippen molar-refractivity contribution in [2.45, 2.75) is 13.8 Å². The highest BCUT2D eigenvalue weighted by Gasteiger charge is 2.10. The summed E-state index contributed by atoms with van der Waals surface area (Å²) in [6, 6.07) is 9.95. The number of anilines is 1. The van der Waals surface area contributed by atoms with Gasteiger partial charge in [-0.25, -0.2) is 0 Å². The van der Waals surface area contributed by atoms with Gasteiger partial charge in [-0.1, -0.05) is 29.8 Å². The average Bonchev–Trinajstić information content (AvgIpc) is 3.01. The van der Waals surface area contributed by atoms with Crippen molar-refractivity contribution >= 4 is 32.7 Å². The number of furan rings is 1. The molecule has 3 aromatic rings. The van der Waals surface area contributed by atoms with Crippen molar-refractivity contribution in [1.82, 2.24) is 10.2 Å². The van der Waals surface area contributed by atoms with Gasteiger partial charge in [-0.3, -0.25) is 5.10 Å². The molecule has 0 radical (unpaired) electrons. The average molecular weight is 334 g/mol. The van der Waals surface area contributed by atoms with Crippen LogP contribution in [0, 0.1) is 5.92 Å². The molecule has 20 heavy (non-hydrogen) atoms. The second-order valence-electron chi connectivity index (χ2n) is 5.23. The molecule has 0 aliphatic heterocycles. The van der Waals surface area contributed by atoms with Crippen LogP contribution >= 0.6 is 15.9 Å². The Hall–Kier alpha value is -1.75. The van der Waals surface area contributed by atoms with E-state index in [0.717, 1.165) is 39.3 Å². The van der Waals surface area contributed by atoms with Gasteiger partial charge < -0.3 is 9.73 Å². The first kappa shape index (κ1) is 13.2. The summed E-state index contributed by atoms with van der Waals surface area (Å²) in [5.41, 5.74) is 1.75. The number of H-pyrrole nitrogens is 1. The Balaban J connectivity index is 1.87. The first-order chi connectivity index (χ1) is 9.61. The largest absolute Gasteiger partial charge is 0.454 e.